The molecule has 0 spiro atoms. The number of anilines is 1. The highest BCUT2D eigenvalue weighted by atomic mass is 16.5. The van der Waals surface area contributed by atoms with E-state index in [4.69, 9.17) is 4.74 Å². The van der Waals surface area contributed by atoms with Gasteiger partial charge < -0.3 is 9.64 Å². The van der Waals surface area contributed by atoms with Crippen LogP contribution < -0.4 is 10.5 Å². The molecule has 1 N–H and O–H groups in total. The molecule has 0 unspecified atom stereocenters. The third kappa shape index (κ3) is 2.80. The van der Waals surface area contributed by atoms with Gasteiger partial charge in [-0.15, -0.1) is 5.10 Å². The van der Waals surface area contributed by atoms with Crippen LogP contribution in [0.4, 0.5) is 5.95 Å². The SMILES string of the molecule is COC[C@@H]1CCCN1c1nc2nn(-c3ccccc3C)cc2c(=O)[nH]1. The van der Waals surface area contributed by atoms with Gasteiger partial charge in [-0.25, -0.2) is 4.68 Å². The molecule has 1 fully saturated rings. The number of nitrogens with one attached hydrogen (secondary N) is 1. The van der Waals surface area contributed by atoms with Gasteiger partial charge in [-0.1, -0.05) is 18.2 Å². The number of para-hydroxylation sites is 1. The summed E-state index contributed by atoms with van der Waals surface area (Å²) in [7, 11) is 1.69. The Morgan fingerprint density at radius 3 is 3.00 bits per heavy atom. The fraction of sp³-hybridized carbons (Fsp3) is 0.389. The Balaban J connectivity index is 1.78. The van der Waals surface area contributed by atoms with Crippen LogP contribution in [-0.2, 0) is 4.74 Å². The summed E-state index contributed by atoms with van der Waals surface area (Å²) < 4.78 is 7.01. The van der Waals surface area contributed by atoms with Gasteiger partial charge in [0.1, 0.15) is 5.39 Å². The zero-order valence-electron chi connectivity index (χ0n) is 14.4. The Kier molecular flexibility index (Phi) is 4.01. The second-order valence-corrected chi connectivity index (χ2v) is 6.43. The molecule has 1 atom stereocenters. The van der Waals surface area contributed by atoms with Crippen molar-refractivity contribution in [2.24, 2.45) is 0 Å². The molecule has 1 aliphatic rings. The molecule has 3 aromatic rings. The van der Waals surface area contributed by atoms with Crippen molar-refractivity contribution >= 4 is 17.0 Å². The predicted octanol–water partition coefficient (Wildman–Crippen LogP) is 2.03. The summed E-state index contributed by atoms with van der Waals surface area (Å²) >= 11 is 0. The van der Waals surface area contributed by atoms with Crippen LogP contribution in [0.2, 0.25) is 0 Å². The van der Waals surface area contributed by atoms with E-state index >= 15 is 0 Å². The number of aromatic nitrogens is 4. The van der Waals surface area contributed by atoms with E-state index in [2.05, 4.69) is 20.0 Å². The molecule has 0 bridgehead atoms. The molecule has 1 aliphatic heterocycles. The van der Waals surface area contributed by atoms with Crippen molar-refractivity contribution in [2.45, 2.75) is 25.8 Å². The van der Waals surface area contributed by atoms with Crippen molar-refractivity contribution < 1.29 is 4.74 Å². The van der Waals surface area contributed by atoms with E-state index in [0.717, 1.165) is 30.6 Å². The summed E-state index contributed by atoms with van der Waals surface area (Å²) in [6.07, 6.45) is 3.84. The fourth-order valence-electron chi connectivity index (χ4n) is 3.46. The monoisotopic (exact) mass is 339 g/mol. The Hall–Kier alpha value is -2.67. The first-order valence-electron chi connectivity index (χ1n) is 8.48. The third-order valence-electron chi connectivity index (χ3n) is 4.75. The maximum absolute atomic E-state index is 12.5. The van der Waals surface area contributed by atoms with Gasteiger partial charge in [-0.2, -0.15) is 4.98 Å². The first-order valence-corrected chi connectivity index (χ1v) is 8.48. The minimum atomic E-state index is -0.164. The number of rotatable bonds is 4. The van der Waals surface area contributed by atoms with Gasteiger partial charge >= 0.3 is 0 Å². The minimum Gasteiger partial charge on any atom is -0.383 e. The molecule has 2 aromatic heterocycles. The number of methoxy groups -OCH3 is 1. The summed E-state index contributed by atoms with van der Waals surface area (Å²) in [5.74, 6) is 0.576. The number of hydrogen-bond donors (Lipinski definition) is 1. The lowest BCUT2D eigenvalue weighted by Crippen LogP contribution is -2.35. The molecule has 7 heteroatoms. The average Bonchev–Trinajstić information content (AvgIpc) is 3.22. The van der Waals surface area contributed by atoms with Crippen LogP contribution in [0.25, 0.3) is 16.7 Å². The summed E-state index contributed by atoms with van der Waals surface area (Å²) in [6, 6.07) is 8.17. The van der Waals surface area contributed by atoms with Crippen LogP contribution in [-0.4, -0.2) is 46.1 Å². The maximum Gasteiger partial charge on any atom is 0.263 e. The van der Waals surface area contributed by atoms with Crippen molar-refractivity contribution in [1.29, 1.82) is 0 Å². The first-order chi connectivity index (χ1) is 12.2. The van der Waals surface area contributed by atoms with E-state index < -0.39 is 0 Å². The second-order valence-electron chi connectivity index (χ2n) is 6.43. The zero-order chi connectivity index (χ0) is 17.4. The van der Waals surface area contributed by atoms with E-state index in [1.54, 1.807) is 18.0 Å². The molecule has 4 rings (SSSR count). The summed E-state index contributed by atoms with van der Waals surface area (Å²) in [6.45, 7) is 3.50. The van der Waals surface area contributed by atoms with Gasteiger partial charge in [0.05, 0.1) is 18.3 Å². The highest BCUT2D eigenvalue weighted by Crippen LogP contribution is 2.23. The number of aromatic amines is 1. The van der Waals surface area contributed by atoms with E-state index in [9.17, 15) is 4.79 Å². The lowest BCUT2D eigenvalue weighted by molar-refractivity contribution is 0.180. The van der Waals surface area contributed by atoms with E-state index in [0.29, 0.717) is 23.6 Å². The van der Waals surface area contributed by atoms with Gasteiger partial charge in [0, 0.05) is 19.9 Å². The quantitative estimate of drug-likeness (QED) is 0.787. The van der Waals surface area contributed by atoms with Crippen LogP contribution >= 0.6 is 0 Å². The number of benzene rings is 1. The lowest BCUT2D eigenvalue weighted by Gasteiger charge is -2.24. The first kappa shape index (κ1) is 15.8. The number of fused-ring (bicyclic) bond motifs is 1. The van der Waals surface area contributed by atoms with Crippen molar-refractivity contribution in [1.82, 2.24) is 19.7 Å². The summed E-state index contributed by atoms with van der Waals surface area (Å²) in [5, 5.41) is 5.03. The fourth-order valence-corrected chi connectivity index (χ4v) is 3.46. The maximum atomic E-state index is 12.5. The van der Waals surface area contributed by atoms with Gasteiger partial charge in [-0.05, 0) is 31.4 Å². The molecule has 0 amide bonds. The second kappa shape index (κ2) is 6.33. The normalized spacial score (nSPS) is 17.5. The third-order valence-corrected chi connectivity index (χ3v) is 4.75. The molecule has 1 aromatic carbocycles. The van der Waals surface area contributed by atoms with Crippen LogP contribution in [0.3, 0.4) is 0 Å². The molecule has 1 saturated heterocycles. The van der Waals surface area contributed by atoms with Crippen molar-refractivity contribution in [3.05, 3.63) is 46.4 Å². The van der Waals surface area contributed by atoms with Crippen molar-refractivity contribution in [2.75, 3.05) is 25.2 Å². The van der Waals surface area contributed by atoms with Crippen LogP contribution in [0.15, 0.2) is 35.3 Å². The Morgan fingerprint density at radius 1 is 1.36 bits per heavy atom. The Labute approximate surface area is 145 Å². The van der Waals surface area contributed by atoms with Crippen molar-refractivity contribution in [3.8, 4) is 5.69 Å². The topological polar surface area (TPSA) is 76.0 Å². The summed E-state index contributed by atoms with van der Waals surface area (Å²) in [4.78, 5) is 22.2. The highest BCUT2D eigenvalue weighted by Gasteiger charge is 2.27. The smallest absolute Gasteiger partial charge is 0.263 e. The number of nitrogens with zero attached hydrogens (tertiary/aromatic N) is 4. The van der Waals surface area contributed by atoms with Crippen LogP contribution in [0.5, 0.6) is 0 Å². The van der Waals surface area contributed by atoms with E-state index in [-0.39, 0.29) is 11.6 Å². The minimum absolute atomic E-state index is 0.164. The zero-order valence-corrected chi connectivity index (χ0v) is 14.4. The number of H-pyrrole nitrogens is 1. The standard InChI is InChI=1S/C18H21N5O2/c1-12-6-3-4-8-15(12)23-10-14-16(21-23)19-18(20-17(14)24)22-9-5-7-13(22)11-25-2/h3-4,6,8,10,13H,5,7,9,11H2,1-2H3,(H,19,20,21,24)/t13-/m0/s1. The largest absolute Gasteiger partial charge is 0.383 e. The van der Waals surface area contributed by atoms with Gasteiger partial charge in [0.15, 0.2) is 5.65 Å². The Morgan fingerprint density at radius 2 is 2.20 bits per heavy atom. The predicted molar refractivity (Wildman–Crippen MR) is 96.5 cm³/mol. The molecule has 0 aliphatic carbocycles. The molecule has 0 radical (unpaired) electrons. The van der Waals surface area contributed by atoms with E-state index in [1.807, 2.05) is 31.2 Å². The van der Waals surface area contributed by atoms with Crippen molar-refractivity contribution in [3.63, 3.8) is 0 Å². The Bertz CT molecular complexity index is 961. The molecular weight excluding hydrogens is 318 g/mol. The average molecular weight is 339 g/mol. The molecule has 7 nitrogen and oxygen atoms in total. The van der Waals surface area contributed by atoms with Crippen LogP contribution in [0.1, 0.15) is 18.4 Å². The molecular formula is C18H21N5O2. The van der Waals surface area contributed by atoms with Gasteiger partial charge in [-0.3, -0.25) is 9.78 Å². The number of aryl methyl sites for hydroxylation is 1. The summed E-state index contributed by atoms with van der Waals surface area (Å²) in [5.41, 5.74) is 2.33. The molecule has 3 heterocycles. The van der Waals surface area contributed by atoms with Gasteiger partial charge in [0.2, 0.25) is 5.95 Å². The lowest BCUT2D eigenvalue weighted by atomic mass is 10.2. The van der Waals surface area contributed by atoms with E-state index in [1.165, 1.54) is 0 Å². The molecule has 130 valence electrons. The van der Waals surface area contributed by atoms with Crippen LogP contribution in [0, 0.1) is 6.92 Å². The highest BCUT2D eigenvalue weighted by molar-refractivity contribution is 5.74. The van der Waals surface area contributed by atoms with Gasteiger partial charge in [0.25, 0.3) is 5.56 Å². The number of ether oxygens (including phenoxy) is 1. The number of hydrogen-bond acceptors (Lipinski definition) is 5. The molecule has 0 saturated carbocycles. The molecule has 25 heavy (non-hydrogen) atoms.